The van der Waals surface area contributed by atoms with Crippen LogP contribution in [0.4, 0.5) is 0 Å². The molecule has 0 aliphatic carbocycles. The van der Waals surface area contributed by atoms with E-state index in [0.29, 0.717) is 6.42 Å². The smallest absolute Gasteiger partial charge is 0.462 e. The molecule has 0 bridgehead atoms. The molecule has 0 saturated heterocycles. The first-order valence-electron chi connectivity index (χ1n) is 19.3. The van der Waals surface area contributed by atoms with E-state index in [9.17, 15) is 19.0 Å². The lowest BCUT2D eigenvalue weighted by Crippen LogP contribution is -2.29. The summed E-state index contributed by atoms with van der Waals surface area (Å²) in [6.45, 7) is 3.66. The van der Waals surface area contributed by atoms with Crippen molar-refractivity contribution < 1.29 is 37.6 Å². The molecule has 10 heteroatoms. The molecule has 1 unspecified atom stereocenters. The summed E-state index contributed by atoms with van der Waals surface area (Å²) in [5, 5.41) is 0. The molecule has 0 saturated carbocycles. The Bertz CT molecular complexity index is 851. The minimum Gasteiger partial charge on any atom is -0.462 e. The first kappa shape index (κ1) is 46.5. The molecule has 0 amide bonds. The maximum Gasteiger partial charge on any atom is 0.472 e. The van der Waals surface area contributed by atoms with Crippen molar-refractivity contribution in [3.8, 4) is 0 Å². The van der Waals surface area contributed by atoms with Gasteiger partial charge >= 0.3 is 19.8 Å². The standard InChI is InChI=1S/C38H72NO8P/c1-3-5-7-9-11-13-15-17-18-19-21-23-25-27-29-31-38(41)47-36(35-46-48(42,43)45-33-32-39)34-44-37(40)30-28-26-24-22-20-16-14-12-10-8-6-4-2/h9,11-12,14,36H,3-8,10,13,15-35,39H2,1-2H3,(H,42,43)/b11-9+,14-12+/t36-/m1/s1. The van der Waals surface area contributed by atoms with Crippen LogP contribution >= 0.6 is 7.82 Å². The number of unbranched alkanes of at least 4 members (excludes halogenated alkanes) is 19. The fraction of sp³-hybridized carbons (Fsp3) is 0.842. The highest BCUT2D eigenvalue weighted by Crippen LogP contribution is 2.43. The summed E-state index contributed by atoms with van der Waals surface area (Å²) in [6.07, 6.45) is 34.9. The maximum absolute atomic E-state index is 12.5. The Morgan fingerprint density at radius 3 is 1.54 bits per heavy atom. The van der Waals surface area contributed by atoms with Gasteiger partial charge in [0.25, 0.3) is 0 Å². The van der Waals surface area contributed by atoms with Crippen LogP contribution in [0.3, 0.4) is 0 Å². The fourth-order valence-corrected chi connectivity index (χ4v) is 5.90. The molecule has 3 N–H and O–H groups in total. The van der Waals surface area contributed by atoms with Crippen LogP contribution < -0.4 is 5.73 Å². The average Bonchev–Trinajstić information content (AvgIpc) is 3.07. The largest absolute Gasteiger partial charge is 0.472 e. The van der Waals surface area contributed by atoms with Crippen LogP contribution in [0.1, 0.15) is 174 Å². The predicted octanol–water partition coefficient (Wildman–Crippen LogP) is 10.4. The van der Waals surface area contributed by atoms with Gasteiger partial charge in [-0.15, -0.1) is 0 Å². The Balaban J connectivity index is 4.22. The van der Waals surface area contributed by atoms with E-state index in [1.165, 1.54) is 83.5 Å². The normalized spacial score (nSPS) is 13.7. The van der Waals surface area contributed by atoms with Gasteiger partial charge in [0.2, 0.25) is 0 Å². The third kappa shape index (κ3) is 34.4. The highest BCUT2D eigenvalue weighted by atomic mass is 31.2. The molecule has 9 nitrogen and oxygen atoms in total. The van der Waals surface area contributed by atoms with Crippen molar-refractivity contribution >= 4 is 19.8 Å². The van der Waals surface area contributed by atoms with Gasteiger partial charge in [-0.3, -0.25) is 18.6 Å². The average molecular weight is 702 g/mol. The van der Waals surface area contributed by atoms with Gasteiger partial charge in [-0.2, -0.15) is 0 Å². The lowest BCUT2D eigenvalue weighted by Gasteiger charge is -2.19. The van der Waals surface area contributed by atoms with E-state index in [0.717, 1.165) is 57.8 Å². The molecule has 0 aliphatic rings. The molecular weight excluding hydrogens is 629 g/mol. The number of allylic oxidation sites excluding steroid dienone is 4. The highest BCUT2D eigenvalue weighted by Gasteiger charge is 2.25. The van der Waals surface area contributed by atoms with Crippen molar-refractivity contribution in [3.63, 3.8) is 0 Å². The van der Waals surface area contributed by atoms with Crippen LogP contribution in [-0.2, 0) is 32.7 Å². The molecule has 0 rings (SSSR count). The molecule has 0 aromatic carbocycles. The second kappa shape index (κ2) is 35.3. The predicted molar refractivity (Wildman–Crippen MR) is 197 cm³/mol. The monoisotopic (exact) mass is 701 g/mol. The Labute approximate surface area is 293 Å². The summed E-state index contributed by atoms with van der Waals surface area (Å²) >= 11 is 0. The SMILES string of the molecule is CCCC/C=C/CCCCCCCCCCCC(=O)O[C@H](COC(=O)CCCCCCC/C=C/CCCCC)COP(=O)(O)OCCN. The molecule has 48 heavy (non-hydrogen) atoms. The van der Waals surface area contributed by atoms with E-state index in [1.807, 2.05) is 0 Å². The van der Waals surface area contributed by atoms with E-state index < -0.39 is 32.5 Å². The fourth-order valence-electron chi connectivity index (χ4n) is 5.14. The third-order valence-corrected chi connectivity index (χ3v) is 9.04. The molecule has 0 aromatic heterocycles. The van der Waals surface area contributed by atoms with Gasteiger partial charge in [-0.1, -0.05) is 128 Å². The van der Waals surface area contributed by atoms with Crippen LogP contribution in [0.15, 0.2) is 24.3 Å². The topological polar surface area (TPSA) is 134 Å². The van der Waals surface area contributed by atoms with Crippen LogP contribution in [0.2, 0.25) is 0 Å². The molecule has 282 valence electrons. The Morgan fingerprint density at radius 1 is 0.604 bits per heavy atom. The Hall–Kier alpha value is -1.51. The van der Waals surface area contributed by atoms with E-state index in [-0.39, 0.29) is 32.6 Å². The number of esters is 2. The second-order valence-electron chi connectivity index (χ2n) is 12.8. The van der Waals surface area contributed by atoms with Gasteiger partial charge in [0, 0.05) is 19.4 Å². The minimum absolute atomic E-state index is 0.0528. The summed E-state index contributed by atoms with van der Waals surface area (Å²) in [5.74, 6) is -0.841. The highest BCUT2D eigenvalue weighted by molar-refractivity contribution is 7.47. The quantitative estimate of drug-likeness (QED) is 0.0283. The number of hydrogen-bond donors (Lipinski definition) is 2. The number of ether oxygens (including phenoxy) is 2. The third-order valence-electron chi connectivity index (χ3n) is 8.06. The van der Waals surface area contributed by atoms with E-state index in [4.69, 9.17) is 24.3 Å². The summed E-state index contributed by atoms with van der Waals surface area (Å²) in [7, 11) is -4.37. The van der Waals surface area contributed by atoms with Crippen LogP contribution in [0, 0.1) is 0 Å². The number of phosphoric ester groups is 1. The van der Waals surface area contributed by atoms with Gasteiger partial charge in [0.15, 0.2) is 6.10 Å². The van der Waals surface area contributed by atoms with Gasteiger partial charge in [-0.05, 0) is 57.8 Å². The maximum atomic E-state index is 12.5. The van der Waals surface area contributed by atoms with Gasteiger partial charge in [-0.25, -0.2) is 4.57 Å². The van der Waals surface area contributed by atoms with E-state index in [2.05, 4.69) is 38.2 Å². The van der Waals surface area contributed by atoms with E-state index in [1.54, 1.807) is 0 Å². The lowest BCUT2D eigenvalue weighted by molar-refractivity contribution is -0.161. The number of carbonyl (C=O) groups excluding carboxylic acids is 2. The molecule has 0 aromatic rings. The second-order valence-corrected chi connectivity index (χ2v) is 14.2. The van der Waals surface area contributed by atoms with Crippen molar-refractivity contribution in [2.24, 2.45) is 5.73 Å². The Morgan fingerprint density at radius 2 is 1.04 bits per heavy atom. The summed E-state index contributed by atoms with van der Waals surface area (Å²) in [5.41, 5.74) is 5.33. The van der Waals surface area contributed by atoms with Crippen molar-refractivity contribution in [2.75, 3.05) is 26.4 Å². The van der Waals surface area contributed by atoms with Crippen molar-refractivity contribution in [2.45, 2.75) is 180 Å². The van der Waals surface area contributed by atoms with Gasteiger partial charge < -0.3 is 20.1 Å². The Kier molecular flexibility index (Phi) is 34.2. The zero-order valence-corrected chi connectivity index (χ0v) is 31.6. The van der Waals surface area contributed by atoms with E-state index >= 15 is 0 Å². The lowest BCUT2D eigenvalue weighted by atomic mass is 10.1. The summed E-state index contributed by atoms with van der Waals surface area (Å²) in [6, 6.07) is 0. The number of carbonyl (C=O) groups is 2. The zero-order valence-electron chi connectivity index (χ0n) is 30.7. The number of nitrogens with two attached hydrogens (primary N) is 1. The van der Waals surface area contributed by atoms with Crippen molar-refractivity contribution in [1.82, 2.24) is 0 Å². The molecule has 2 atom stereocenters. The molecule has 0 fully saturated rings. The molecule has 0 radical (unpaired) electrons. The summed E-state index contributed by atoms with van der Waals surface area (Å²) in [4.78, 5) is 34.7. The summed E-state index contributed by atoms with van der Waals surface area (Å²) < 4.78 is 32.6. The van der Waals surface area contributed by atoms with Crippen molar-refractivity contribution in [1.29, 1.82) is 0 Å². The van der Waals surface area contributed by atoms with Crippen LogP contribution in [0.5, 0.6) is 0 Å². The van der Waals surface area contributed by atoms with Crippen LogP contribution in [-0.4, -0.2) is 49.3 Å². The molecule has 0 heterocycles. The number of rotatable bonds is 36. The molecule has 0 aliphatic heterocycles. The number of phosphoric acid groups is 1. The first-order valence-corrected chi connectivity index (χ1v) is 20.8. The molecule has 0 spiro atoms. The molecular formula is C38H72NO8P. The minimum atomic E-state index is -4.37. The number of hydrogen-bond acceptors (Lipinski definition) is 8. The van der Waals surface area contributed by atoms with Gasteiger partial charge in [0.1, 0.15) is 6.61 Å². The zero-order chi connectivity index (χ0) is 35.4. The van der Waals surface area contributed by atoms with Crippen LogP contribution in [0.25, 0.3) is 0 Å². The first-order chi connectivity index (χ1) is 23.3. The van der Waals surface area contributed by atoms with Gasteiger partial charge in [0.05, 0.1) is 13.2 Å². The van der Waals surface area contributed by atoms with Crippen molar-refractivity contribution in [3.05, 3.63) is 24.3 Å².